The summed E-state index contributed by atoms with van der Waals surface area (Å²) in [6.07, 6.45) is 3.57. The molecule has 3 N–H and O–H groups in total. The monoisotopic (exact) mass is 286 g/mol. The maximum atomic E-state index is 12.4. The van der Waals surface area contributed by atoms with Gasteiger partial charge in [0.1, 0.15) is 11.9 Å². The van der Waals surface area contributed by atoms with Gasteiger partial charge in [0.25, 0.3) is 0 Å². The van der Waals surface area contributed by atoms with E-state index in [0.29, 0.717) is 5.69 Å². The minimum Gasteiger partial charge on any atom is -0.398 e. The number of hydrogen-bond donors (Lipinski definition) is 2. The van der Waals surface area contributed by atoms with Crippen LogP contribution in [-0.4, -0.2) is 15.5 Å². The molecule has 2 aromatic rings. The first-order valence-electron chi connectivity index (χ1n) is 7.10. The van der Waals surface area contributed by atoms with Gasteiger partial charge in [0.05, 0.1) is 0 Å². The third kappa shape index (κ3) is 3.07. The second-order valence-corrected chi connectivity index (χ2v) is 5.53. The van der Waals surface area contributed by atoms with Crippen LogP contribution in [0, 0.1) is 6.92 Å². The van der Waals surface area contributed by atoms with Gasteiger partial charge in [-0.1, -0.05) is 19.9 Å². The predicted octanol–water partition coefficient (Wildman–Crippen LogP) is 3.10. The first-order valence-corrected chi connectivity index (χ1v) is 7.10. The number of anilines is 2. The number of hydrogen-bond acceptors (Lipinski definition) is 3. The second kappa shape index (κ2) is 5.99. The molecular weight excluding hydrogens is 264 g/mol. The van der Waals surface area contributed by atoms with Gasteiger partial charge < -0.3 is 15.6 Å². The number of carbonyl (C=O) groups excluding carboxylic acids is 1. The smallest absolute Gasteiger partial charge is 0.247 e. The molecule has 2 rings (SSSR count). The Morgan fingerprint density at radius 3 is 2.71 bits per heavy atom. The van der Waals surface area contributed by atoms with Crippen molar-refractivity contribution in [3.05, 3.63) is 42.0 Å². The summed E-state index contributed by atoms with van der Waals surface area (Å²) in [4.78, 5) is 16.8. The van der Waals surface area contributed by atoms with E-state index < -0.39 is 0 Å². The number of nitrogens with two attached hydrogens (primary N) is 1. The highest BCUT2D eigenvalue weighted by Crippen LogP contribution is 2.23. The molecule has 112 valence electrons. The van der Waals surface area contributed by atoms with Crippen molar-refractivity contribution in [1.29, 1.82) is 0 Å². The van der Waals surface area contributed by atoms with Crippen molar-refractivity contribution in [2.24, 2.45) is 0 Å². The van der Waals surface area contributed by atoms with Gasteiger partial charge in [-0.2, -0.15) is 0 Å². The molecule has 1 heterocycles. The van der Waals surface area contributed by atoms with E-state index in [1.807, 2.05) is 42.8 Å². The van der Waals surface area contributed by atoms with Gasteiger partial charge in [0.2, 0.25) is 5.91 Å². The molecule has 0 aliphatic rings. The molecule has 1 amide bonds. The summed E-state index contributed by atoms with van der Waals surface area (Å²) in [7, 11) is 0. The minimum absolute atomic E-state index is 0.0800. The zero-order valence-electron chi connectivity index (χ0n) is 12.9. The molecule has 1 aromatic carbocycles. The van der Waals surface area contributed by atoms with Crippen molar-refractivity contribution >= 4 is 17.3 Å². The molecule has 0 aliphatic carbocycles. The van der Waals surface area contributed by atoms with Crippen molar-refractivity contribution < 1.29 is 4.79 Å². The number of aromatic nitrogens is 2. The van der Waals surface area contributed by atoms with Crippen LogP contribution in [0.4, 0.5) is 11.4 Å². The molecule has 0 saturated heterocycles. The van der Waals surface area contributed by atoms with Gasteiger partial charge >= 0.3 is 0 Å². The molecule has 0 spiro atoms. The van der Waals surface area contributed by atoms with Gasteiger partial charge in [-0.25, -0.2) is 4.98 Å². The van der Waals surface area contributed by atoms with Crippen LogP contribution < -0.4 is 11.1 Å². The van der Waals surface area contributed by atoms with E-state index in [1.165, 1.54) is 0 Å². The maximum Gasteiger partial charge on any atom is 0.247 e. The third-order valence-electron chi connectivity index (χ3n) is 3.65. The lowest BCUT2D eigenvalue weighted by Crippen LogP contribution is -2.25. The van der Waals surface area contributed by atoms with E-state index in [-0.39, 0.29) is 17.9 Å². The average molecular weight is 286 g/mol. The van der Waals surface area contributed by atoms with Crippen molar-refractivity contribution in [2.75, 3.05) is 11.1 Å². The first kappa shape index (κ1) is 15.1. The molecule has 0 aliphatic heterocycles. The Morgan fingerprint density at radius 2 is 2.05 bits per heavy atom. The lowest BCUT2D eigenvalue weighted by atomic mass is 10.1. The summed E-state index contributed by atoms with van der Waals surface area (Å²) in [6.45, 7) is 7.88. The van der Waals surface area contributed by atoms with Gasteiger partial charge in [0, 0.05) is 29.7 Å². The number of amides is 1. The molecular formula is C16H22N4O. The number of carbonyl (C=O) groups is 1. The van der Waals surface area contributed by atoms with Crippen LogP contribution in [0.2, 0.25) is 0 Å². The van der Waals surface area contributed by atoms with Gasteiger partial charge in [-0.3, -0.25) is 4.79 Å². The summed E-state index contributed by atoms with van der Waals surface area (Å²) in [6, 6.07) is 5.18. The molecule has 0 saturated carbocycles. The summed E-state index contributed by atoms with van der Waals surface area (Å²) in [5.41, 5.74) is 8.17. The van der Waals surface area contributed by atoms with Crippen molar-refractivity contribution in [1.82, 2.24) is 9.55 Å². The van der Waals surface area contributed by atoms with E-state index >= 15 is 0 Å². The Morgan fingerprint density at radius 1 is 1.33 bits per heavy atom. The van der Waals surface area contributed by atoms with Crippen LogP contribution in [0.25, 0.3) is 0 Å². The molecule has 5 heteroatoms. The SMILES string of the molecule is Cc1c(N)cccc1NC(=O)C(C)n1ccnc1C(C)C. The van der Waals surface area contributed by atoms with Crippen LogP contribution in [0.1, 0.15) is 44.1 Å². The number of nitrogens with zero attached hydrogens (tertiary/aromatic N) is 2. The van der Waals surface area contributed by atoms with E-state index in [2.05, 4.69) is 24.1 Å². The summed E-state index contributed by atoms with van der Waals surface area (Å²) < 4.78 is 1.90. The molecule has 1 unspecified atom stereocenters. The Bertz CT molecular complexity index is 645. The largest absolute Gasteiger partial charge is 0.398 e. The Balaban J connectivity index is 2.20. The predicted molar refractivity (Wildman–Crippen MR) is 85.2 cm³/mol. The lowest BCUT2D eigenvalue weighted by Gasteiger charge is -2.18. The summed E-state index contributed by atoms with van der Waals surface area (Å²) >= 11 is 0. The molecule has 21 heavy (non-hydrogen) atoms. The van der Waals surface area contributed by atoms with Gasteiger partial charge in [0.15, 0.2) is 0 Å². The highest BCUT2D eigenvalue weighted by Gasteiger charge is 2.19. The topological polar surface area (TPSA) is 72.9 Å². The standard InChI is InChI=1S/C16H22N4O/c1-10(2)15-18-8-9-20(15)12(4)16(21)19-14-7-5-6-13(17)11(14)3/h5-10,12H,17H2,1-4H3,(H,19,21). The molecule has 0 radical (unpaired) electrons. The van der Waals surface area contributed by atoms with Crippen LogP contribution in [-0.2, 0) is 4.79 Å². The Kier molecular flexibility index (Phi) is 4.31. The van der Waals surface area contributed by atoms with E-state index in [1.54, 1.807) is 6.20 Å². The number of benzene rings is 1. The molecule has 1 atom stereocenters. The van der Waals surface area contributed by atoms with E-state index in [9.17, 15) is 4.79 Å². The van der Waals surface area contributed by atoms with Crippen molar-refractivity contribution in [2.45, 2.75) is 39.7 Å². The minimum atomic E-state index is -0.328. The van der Waals surface area contributed by atoms with Crippen molar-refractivity contribution in [3.8, 4) is 0 Å². The fraction of sp³-hybridized carbons (Fsp3) is 0.375. The first-order chi connectivity index (χ1) is 9.91. The normalized spacial score (nSPS) is 12.4. The summed E-state index contributed by atoms with van der Waals surface area (Å²) in [5.74, 6) is 1.09. The zero-order chi connectivity index (χ0) is 15.6. The molecule has 0 fully saturated rings. The van der Waals surface area contributed by atoms with Gasteiger partial charge in [-0.15, -0.1) is 0 Å². The van der Waals surface area contributed by atoms with Gasteiger partial charge in [-0.05, 0) is 31.5 Å². The second-order valence-electron chi connectivity index (χ2n) is 5.53. The maximum absolute atomic E-state index is 12.4. The number of rotatable bonds is 4. The van der Waals surface area contributed by atoms with Crippen LogP contribution >= 0.6 is 0 Å². The fourth-order valence-electron chi connectivity index (χ4n) is 2.25. The quantitative estimate of drug-likeness (QED) is 0.848. The van der Waals surface area contributed by atoms with Crippen LogP contribution in [0.15, 0.2) is 30.6 Å². The molecule has 5 nitrogen and oxygen atoms in total. The molecule has 0 bridgehead atoms. The van der Waals surface area contributed by atoms with Crippen LogP contribution in [0.5, 0.6) is 0 Å². The Labute approximate surface area is 125 Å². The number of nitrogen functional groups attached to an aromatic ring is 1. The number of imidazole rings is 1. The Hall–Kier alpha value is -2.30. The van der Waals surface area contributed by atoms with E-state index in [0.717, 1.165) is 17.1 Å². The highest BCUT2D eigenvalue weighted by molar-refractivity contribution is 5.94. The summed E-state index contributed by atoms with van der Waals surface area (Å²) in [5, 5.41) is 2.94. The zero-order valence-corrected chi connectivity index (χ0v) is 12.9. The van der Waals surface area contributed by atoms with Crippen LogP contribution in [0.3, 0.4) is 0 Å². The molecule has 1 aromatic heterocycles. The lowest BCUT2D eigenvalue weighted by molar-refractivity contribution is -0.118. The highest BCUT2D eigenvalue weighted by atomic mass is 16.2. The third-order valence-corrected chi connectivity index (χ3v) is 3.65. The average Bonchev–Trinajstić information content (AvgIpc) is 2.92. The number of nitrogens with one attached hydrogen (secondary N) is 1. The fourth-order valence-corrected chi connectivity index (χ4v) is 2.25. The van der Waals surface area contributed by atoms with Crippen molar-refractivity contribution in [3.63, 3.8) is 0 Å². The van der Waals surface area contributed by atoms with E-state index in [4.69, 9.17) is 5.73 Å².